The van der Waals surface area contributed by atoms with E-state index in [2.05, 4.69) is 6.92 Å². The number of carboxylic acids is 2. The minimum atomic E-state index is -1.44. The fraction of sp³-hybridized carbons (Fsp3) is 0.850. The number of nitrogens with two attached hydrogens (primary N) is 1. The first kappa shape index (κ1) is 26.5. The molecule has 0 radical (unpaired) electrons. The predicted octanol–water partition coefficient (Wildman–Crippen LogP) is 2.03. The Bertz CT molecular complexity index is 456. The number of nitrogens with zero attached hydrogens (tertiary/aromatic N) is 1. The second-order valence-electron chi connectivity index (χ2n) is 7.56. The van der Waals surface area contributed by atoms with Gasteiger partial charge in [0.05, 0.1) is 18.6 Å². The molecule has 0 spiro atoms. The molecule has 0 aliphatic carbocycles. The standard InChI is InChI=1S/C20H38N2O6/c1-2-3-4-5-6-7-8-9-10-11-17(24)20(21,12-13-23)16-22(14-18(25)26)15-19(27)28/h23H,2-16,21H2,1H3,(H,25,26)(H,27,28). The third-order valence-corrected chi connectivity index (χ3v) is 4.84. The van der Waals surface area contributed by atoms with E-state index in [1.54, 1.807) is 0 Å². The zero-order chi connectivity index (χ0) is 21.4. The molecule has 164 valence electrons. The van der Waals surface area contributed by atoms with Crippen molar-refractivity contribution in [1.82, 2.24) is 4.90 Å². The molecule has 8 nitrogen and oxygen atoms in total. The molecule has 0 amide bonds. The lowest BCUT2D eigenvalue weighted by Crippen LogP contribution is -2.58. The summed E-state index contributed by atoms with van der Waals surface area (Å²) in [6.45, 7) is 0.605. The van der Waals surface area contributed by atoms with Crippen LogP contribution < -0.4 is 5.73 Å². The van der Waals surface area contributed by atoms with Gasteiger partial charge < -0.3 is 21.1 Å². The highest BCUT2D eigenvalue weighted by molar-refractivity contribution is 5.88. The molecule has 0 aromatic heterocycles. The lowest BCUT2D eigenvalue weighted by Gasteiger charge is -2.32. The molecule has 0 aliphatic rings. The maximum atomic E-state index is 12.6. The summed E-state index contributed by atoms with van der Waals surface area (Å²) < 4.78 is 0. The van der Waals surface area contributed by atoms with Crippen molar-refractivity contribution in [2.75, 3.05) is 26.2 Å². The monoisotopic (exact) mass is 402 g/mol. The summed E-state index contributed by atoms with van der Waals surface area (Å²) in [5, 5.41) is 27.2. The Balaban J connectivity index is 4.46. The first-order valence-electron chi connectivity index (χ1n) is 10.3. The van der Waals surface area contributed by atoms with Crippen LogP contribution in [0.3, 0.4) is 0 Å². The average Bonchev–Trinajstić information content (AvgIpc) is 2.59. The zero-order valence-electron chi connectivity index (χ0n) is 17.2. The molecule has 5 N–H and O–H groups in total. The number of unbranched alkanes of at least 4 members (excludes halogenated alkanes) is 8. The van der Waals surface area contributed by atoms with Gasteiger partial charge in [-0.25, -0.2) is 0 Å². The smallest absolute Gasteiger partial charge is 0.317 e. The van der Waals surface area contributed by atoms with Crippen molar-refractivity contribution in [2.45, 2.75) is 83.1 Å². The number of rotatable bonds is 19. The molecule has 0 saturated heterocycles. The minimum Gasteiger partial charge on any atom is -0.480 e. The number of Topliss-reactive ketones (excluding diaryl/α,β-unsaturated/α-hetero) is 1. The summed E-state index contributed by atoms with van der Waals surface area (Å²) in [4.78, 5) is 35.6. The highest BCUT2D eigenvalue weighted by atomic mass is 16.4. The molecular weight excluding hydrogens is 364 g/mol. The fourth-order valence-corrected chi connectivity index (χ4v) is 3.30. The first-order valence-corrected chi connectivity index (χ1v) is 10.3. The van der Waals surface area contributed by atoms with Crippen molar-refractivity contribution in [3.8, 4) is 0 Å². The van der Waals surface area contributed by atoms with Crippen LogP contribution >= 0.6 is 0 Å². The third kappa shape index (κ3) is 12.8. The van der Waals surface area contributed by atoms with E-state index in [0.717, 1.165) is 24.2 Å². The number of carbonyl (C=O) groups excluding carboxylic acids is 1. The fourth-order valence-electron chi connectivity index (χ4n) is 3.30. The Morgan fingerprint density at radius 1 is 0.857 bits per heavy atom. The zero-order valence-corrected chi connectivity index (χ0v) is 17.2. The van der Waals surface area contributed by atoms with Crippen LogP contribution in [0.5, 0.6) is 0 Å². The highest BCUT2D eigenvalue weighted by Crippen LogP contribution is 2.17. The van der Waals surface area contributed by atoms with Crippen LogP contribution in [0.4, 0.5) is 0 Å². The third-order valence-electron chi connectivity index (χ3n) is 4.84. The van der Waals surface area contributed by atoms with E-state index in [0.29, 0.717) is 6.42 Å². The van der Waals surface area contributed by atoms with Crippen molar-refractivity contribution in [3.63, 3.8) is 0 Å². The normalized spacial score (nSPS) is 13.4. The molecule has 1 unspecified atom stereocenters. The van der Waals surface area contributed by atoms with Crippen molar-refractivity contribution in [2.24, 2.45) is 5.73 Å². The summed E-state index contributed by atoms with van der Waals surface area (Å²) >= 11 is 0. The van der Waals surface area contributed by atoms with Gasteiger partial charge in [0.25, 0.3) is 0 Å². The van der Waals surface area contributed by atoms with Crippen LogP contribution in [0.25, 0.3) is 0 Å². The molecule has 0 bridgehead atoms. The minimum absolute atomic E-state index is 0.0288. The molecule has 0 aromatic rings. The summed E-state index contributed by atoms with van der Waals surface area (Å²) in [6.07, 6.45) is 10.3. The van der Waals surface area contributed by atoms with Crippen LogP contribution in [-0.4, -0.2) is 69.7 Å². The Kier molecular flexibility index (Phi) is 14.6. The number of hydrogen-bond donors (Lipinski definition) is 4. The van der Waals surface area contributed by atoms with Gasteiger partial charge in [0.1, 0.15) is 0 Å². The highest BCUT2D eigenvalue weighted by Gasteiger charge is 2.35. The summed E-state index contributed by atoms with van der Waals surface area (Å²) in [6, 6.07) is 0. The second kappa shape index (κ2) is 15.4. The van der Waals surface area contributed by atoms with Crippen LogP contribution in [-0.2, 0) is 14.4 Å². The van der Waals surface area contributed by atoms with E-state index >= 15 is 0 Å². The number of hydrogen-bond acceptors (Lipinski definition) is 6. The number of carbonyl (C=O) groups is 3. The topological polar surface area (TPSA) is 141 Å². The van der Waals surface area contributed by atoms with Crippen LogP contribution in [0.15, 0.2) is 0 Å². The van der Waals surface area contributed by atoms with Crippen molar-refractivity contribution in [3.05, 3.63) is 0 Å². The van der Waals surface area contributed by atoms with E-state index in [4.69, 9.17) is 15.9 Å². The van der Waals surface area contributed by atoms with E-state index in [-0.39, 0.29) is 31.8 Å². The molecule has 28 heavy (non-hydrogen) atoms. The van der Waals surface area contributed by atoms with Crippen molar-refractivity contribution >= 4 is 17.7 Å². The number of aliphatic hydroxyl groups excluding tert-OH is 1. The van der Waals surface area contributed by atoms with Crippen LogP contribution in [0.2, 0.25) is 0 Å². The molecule has 0 heterocycles. The van der Waals surface area contributed by atoms with E-state index < -0.39 is 30.6 Å². The Morgan fingerprint density at radius 3 is 1.75 bits per heavy atom. The van der Waals surface area contributed by atoms with Crippen LogP contribution in [0.1, 0.15) is 77.6 Å². The molecule has 0 aliphatic heterocycles. The molecule has 0 saturated carbocycles. The van der Waals surface area contributed by atoms with E-state index in [1.165, 1.54) is 32.1 Å². The lowest BCUT2D eigenvalue weighted by atomic mass is 9.87. The Labute approximate surface area is 168 Å². The second-order valence-corrected chi connectivity index (χ2v) is 7.56. The van der Waals surface area contributed by atoms with Gasteiger partial charge in [0.2, 0.25) is 0 Å². The molecule has 0 rings (SSSR count). The van der Waals surface area contributed by atoms with E-state index in [9.17, 15) is 19.5 Å². The predicted molar refractivity (Wildman–Crippen MR) is 107 cm³/mol. The SMILES string of the molecule is CCCCCCCCCCCC(=O)C(N)(CCO)CN(CC(=O)O)CC(=O)O. The van der Waals surface area contributed by atoms with Gasteiger partial charge >= 0.3 is 11.9 Å². The molecule has 0 aromatic carbocycles. The maximum Gasteiger partial charge on any atom is 0.317 e. The summed E-state index contributed by atoms with van der Waals surface area (Å²) in [5.74, 6) is -2.65. The van der Waals surface area contributed by atoms with Gasteiger partial charge in [0, 0.05) is 19.6 Å². The Morgan fingerprint density at radius 2 is 1.32 bits per heavy atom. The van der Waals surface area contributed by atoms with Crippen molar-refractivity contribution < 1.29 is 29.7 Å². The first-order chi connectivity index (χ1) is 13.2. The number of aliphatic hydroxyl groups is 1. The van der Waals surface area contributed by atoms with Crippen LogP contribution in [0, 0.1) is 0 Å². The summed E-state index contributed by atoms with van der Waals surface area (Å²) in [7, 11) is 0. The maximum absolute atomic E-state index is 12.6. The van der Waals surface area contributed by atoms with Gasteiger partial charge in [-0.15, -0.1) is 0 Å². The Hall–Kier alpha value is -1.51. The van der Waals surface area contributed by atoms with Gasteiger partial charge in [-0.1, -0.05) is 58.3 Å². The number of carboxylic acid groups (broad SMARTS) is 2. The molecule has 8 heteroatoms. The lowest BCUT2D eigenvalue weighted by molar-refractivity contribution is -0.143. The molecule has 0 fully saturated rings. The van der Waals surface area contributed by atoms with Gasteiger partial charge in [-0.3, -0.25) is 19.3 Å². The number of ketones is 1. The van der Waals surface area contributed by atoms with Gasteiger partial charge in [-0.2, -0.15) is 0 Å². The van der Waals surface area contributed by atoms with Gasteiger partial charge in [0.15, 0.2) is 5.78 Å². The molecule has 1 atom stereocenters. The summed E-state index contributed by atoms with van der Waals surface area (Å²) in [5.41, 5.74) is 4.73. The average molecular weight is 403 g/mol. The van der Waals surface area contributed by atoms with Crippen molar-refractivity contribution in [1.29, 1.82) is 0 Å². The number of aliphatic carboxylic acids is 2. The van der Waals surface area contributed by atoms with E-state index in [1.807, 2.05) is 0 Å². The molecular formula is C20H38N2O6. The van der Waals surface area contributed by atoms with Gasteiger partial charge in [-0.05, 0) is 12.8 Å². The quantitative estimate of drug-likeness (QED) is 0.240. The largest absolute Gasteiger partial charge is 0.480 e.